The lowest BCUT2D eigenvalue weighted by Gasteiger charge is -2.24. The summed E-state index contributed by atoms with van der Waals surface area (Å²) in [6, 6.07) is 9.42. The predicted molar refractivity (Wildman–Crippen MR) is 125 cm³/mol. The summed E-state index contributed by atoms with van der Waals surface area (Å²) >= 11 is 5.75. The maximum atomic E-state index is 13.4. The summed E-state index contributed by atoms with van der Waals surface area (Å²) in [6.07, 6.45) is 1.80. The molecule has 2 aliphatic heterocycles. The molecule has 0 saturated carbocycles. The van der Waals surface area contributed by atoms with Crippen LogP contribution in [0.15, 0.2) is 65.7 Å². The number of hydrogen-bond donors (Lipinski definition) is 0. The van der Waals surface area contributed by atoms with Crippen LogP contribution in [0.4, 0.5) is 13.2 Å². The zero-order valence-corrected chi connectivity index (χ0v) is 19.6. The van der Waals surface area contributed by atoms with Crippen LogP contribution in [0.5, 0.6) is 0 Å². The standard InChI is InChI=1S/C24H22ClF3N2O3S/c25-19-9-10-21(22(14-19)24(26,27)28)17-5-7-18(8-6-17)23(31)16-29-11-3-4-20(15-29)34(32,33)30-12-1-2-13-30/h3-10,14-15H,1-2,11-13,16H2. The highest BCUT2D eigenvalue weighted by atomic mass is 35.5. The highest BCUT2D eigenvalue weighted by Gasteiger charge is 2.34. The number of carbonyl (C=O) groups is 1. The third-order valence-electron chi connectivity index (χ3n) is 5.79. The summed E-state index contributed by atoms with van der Waals surface area (Å²) in [4.78, 5) is 14.5. The molecule has 0 amide bonds. The number of nitrogens with zero attached hydrogens (tertiary/aromatic N) is 2. The molecule has 5 nitrogen and oxygen atoms in total. The van der Waals surface area contributed by atoms with Crippen molar-refractivity contribution in [3.05, 3.63) is 81.9 Å². The maximum absolute atomic E-state index is 13.4. The van der Waals surface area contributed by atoms with Crippen molar-refractivity contribution in [2.75, 3.05) is 26.2 Å². The lowest BCUT2D eigenvalue weighted by molar-refractivity contribution is -0.137. The van der Waals surface area contributed by atoms with E-state index >= 15 is 0 Å². The van der Waals surface area contributed by atoms with Gasteiger partial charge in [-0.1, -0.05) is 48.0 Å². The number of sulfonamides is 1. The second-order valence-electron chi connectivity index (χ2n) is 8.16. The van der Waals surface area contributed by atoms with Crippen molar-refractivity contribution in [2.24, 2.45) is 0 Å². The summed E-state index contributed by atoms with van der Waals surface area (Å²) in [7, 11) is -3.60. The first-order chi connectivity index (χ1) is 16.1. The fourth-order valence-corrected chi connectivity index (χ4v) is 5.79. The summed E-state index contributed by atoms with van der Waals surface area (Å²) in [5.41, 5.74) is -0.258. The minimum Gasteiger partial charge on any atom is -0.365 e. The van der Waals surface area contributed by atoms with Gasteiger partial charge in [0.05, 0.1) is 17.0 Å². The molecule has 2 heterocycles. The summed E-state index contributed by atoms with van der Waals surface area (Å²) in [5, 5.41) is -0.0161. The number of ketones is 1. The molecule has 180 valence electrons. The molecule has 2 aromatic carbocycles. The molecule has 0 radical (unpaired) electrons. The molecule has 2 aliphatic rings. The molecule has 4 rings (SSSR count). The second-order valence-corrected chi connectivity index (χ2v) is 10.5. The average molecular weight is 511 g/mol. The molecule has 0 spiro atoms. The van der Waals surface area contributed by atoms with E-state index in [1.54, 1.807) is 17.1 Å². The highest BCUT2D eigenvalue weighted by Crippen LogP contribution is 2.38. The Labute approximate surface area is 201 Å². The van der Waals surface area contributed by atoms with E-state index in [0.717, 1.165) is 18.9 Å². The minimum absolute atomic E-state index is 0.0161. The Hall–Kier alpha value is -2.62. The molecule has 0 unspecified atom stereocenters. The van der Waals surface area contributed by atoms with Crippen LogP contribution in [-0.2, 0) is 16.2 Å². The Balaban J connectivity index is 1.50. The van der Waals surface area contributed by atoms with E-state index in [2.05, 4.69) is 0 Å². The van der Waals surface area contributed by atoms with Gasteiger partial charge in [0.15, 0.2) is 5.78 Å². The van der Waals surface area contributed by atoms with Gasteiger partial charge >= 0.3 is 6.18 Å². The molecule has 0 bridgehead atoms. The Morgan fingerprint density at radius 1 is 1.03 bits per heavy atom. The van der Waals surface area contributed by atoms with E-state index in [1.165, 1.54) is 46.9 Å². The molecular formula is C24H22ClF3N2O3S. The largest absolute Gasteiger partial charge is 0.417 e. The number of Topliss-reactive ketones (excluding diaryl/α,β-unsaturated/α-hetero) is 1. The zero-order chi connectivity index (χ0) is 24.5. The maximum Gasteiger partial charge on any atom is 0.417 e. The number of hydrogen-bond acceptors (Lipinski definition) is 4. The molecule has 0 N–H and O–H groups in total. The molecule has 10 heteroatoms. The lowest BCUT2D eigenvalue weighted by atomic mass is 9.97. The van der Waals surface area contributed by atoms with Gasteiger partial charge in [0.2, 0.25) is 10.0 Å². The Kier molecular flexibility index (Phi) is 6.89. The fraction of sp³-hybridized carbons (Fsp3) is 0.292. The van der Waals surface area contributed by atoms with Crippen LogP contribution in [0, 0.1) is 0 Å². The van der Waals surface area contributed by atoms with E-state index < -0.39 is 21.8 Å². The van der Waals surface area contributed by atoms with E-state index in [-0.39, 0.29) is 27.8 Å². The van der Waals surface area contributed by atoms with Crippen LogP contribution in [0.3, 0.4) is 0 Å². The van der Waals surface area contributed by atoms with Crippen LogP contribution < -0.4 is 0 Å². The van der Waals surface area contributed by atoms with Crippen molar-refractivity contribution >= 4 is 27.4 Å². The summed E-state index contributed by atoms with van der Waals surface area (Å²) in [5.74, 6) is -0.275. The SMILES string of the molecule is O=C(CN1C=C(S(=O)(=O)N2CCCC2)C=CC1)c1ccc(-c2ccc(Cl)cc2C(F)(F)F)cc1. The molecule has 0 atom stereocenters. The smallest absolute Gasteiger partial charge is 0.365 e. The van der Waals surface area contributed by atoms with Crippen molar-refractivity contribution in [2.45, 2.75) is 19.0 Å². The van der Waals surface area contributed by atoms with E-state index in [4.69, 9.17) is 11.6 Å². The number of alkyl halides is 3. The number of halogens is 4. The van der Waals surface area contributed by atoms with Crippen molar-refractivity contribution in [1.29, 1.82) is 0 Å². The molecule has 1 saturated heterocycles. The Morgan fingerprint density at radius 2 is 1.71 bits per heavy atom. The van der Waals surface area contributed by atoms with Gasteiger partial charge in [-0.3, -0.25) is 4.79 Å². The molecule has 2 aromatic rings. The van der Waals surface area contributed by atoms with Gasteiger partial charge in [0.25, 0.3) is 0 Å². The number of benzene rings is 2. The van der Waals surface area contributed by atoms with Crippen molar-refractivity contribution in [3.63, 3.8) is 0 Å². The van der Waals surface area contributed by atoms with Gasteiger partial charge in [-0.2, -0.15) is 17.5 Å². The first-order valence-corrected chi connectivity index (χ1v) is 12.5. The molecule has 1 fully saturated rings. The van der Waals surface area contributed by atoms with Gasteiger partial charge in [-0.15, -0.1) is 0 Å². The fourth-order valence-electron chi connectivity index (χ4n) is 4.03. The van der Waals surface area contributed by atoms with Crippen LogP contribution in [-0.4, -0.2) is 49.6 Å². The van der Waals surface area contributed by atoms with Crippen LogP contribution in [0.25, 0.3) is 11.1 Å². The van der Waals surface area contributed by atoms with Gasteiger partial charge in [-0.05, 0) is 42.2 Å². The van der Waals surface area contributed by atoms with Gasteiger partial charge in [0, 0.05) is 36.4 Å². The van der Waals surface area contributed by atoms with Crippen molar-refractivity contribution < 1.29 is 26.4 Å². The molecule has 0 aliphatic carbocycles. The second kappa shape index (κ2) is 9.56. The quantitative estimate of drug-likeness (QED) is 0.492. The normalized spacial score (nSPS) is 17.2. The van der Waals surface area contributed by atoms with Gasteiger partial charge < -0.3 is 4.90 Å². The van der Waals surface area contributed by atoms with Gasteiger partial charge in [0.1, 0.15) is 0 Å². The van der Waals surface area contributed by atoms with E-state index in [1.807, 2.05) is 0 Å². The van der Waals surface area contributed by atoms with Crippen molar-refractivity contribution in [3.8, 4) is 11.1 Å². The third kappa shape index (κ3) is 5.21. The number of rotatable bonds is 6. The van der Waals surface area contributed by atoms with E-state index in [9.17, 15) is 26.4 Å². The van der Waals surface area contributed by atoms with Crippen LogP contribution >= 0.6 is 11.6 Å². The lowest BCUT2D eigenvalue weighted by Crippen LogP contribution is -2.33. The zero-order valence-electron chi connectivity index (χ0n) is 18.1. The minimum atomic E-state index is -4.57. The number of allylic oxidation sites excluding steroid dienone is 1. The summed E-state index contributed by atoms with van der Waals surface area (Å²) < 4.78 is 67.3. The van der Waals surface area contributed by atoms with Crippen LogP contribution in [0.1, 0.15) is 28.8 Å². The van der Waals surface area contributed by atoms with Gasteiger partial charge in [-0.25, -0.2) is 8.42 Å². The number of carbonyl (C=O) groups excluding carboxylic acids is 1. The Morgan fingerprint density at radius 3 is 2.35 bits per heavy atom. The summed E-state index contributed by atoms with van der Waals surface area (Å²) in [6.45, 7) is 1.30. The molecule has 34 heavy (non-hydrogen) atoms. The first kappa shape index (κ1) is 24.5. The topological polar surface area (TPSA) is 57.7 Å². The average Bonchev–Trinajstić information content (AvgIpc) is 3.35. The molecule has 0 aromatic heterocycles. The van der Waals surface area contributed by atoms with Crippen LogP contribution in [0.2, 0.25) is 5.02 Å². The Bertz CT molecular complexity index is 1250. The first-order valence-electron chi connectivity index (χ1n) is 10.7. The third-order valence-corrected chi connectivity index (χ3v) is 7.90. The van der Waals surface area contributed by atoms with E-state index in [0.29, 0.717) is 30.8 Å². The monoisotopic (exact) mass is 510 g/mol. The predicted octanol–water partition coefficient (Wildman–Crippen LogP) is 5.35. The van der Waals surface area contributed by atoms with Crippen molar-refractivity contribution in [1.82, 2.24) is 9.21 Å². The molecular weight excluding hydrogens is 489 g/mol. The highest BCUT2D eigenvalue weighted by molar-refractivity contribution is 7.93.